The van der Waals surface area contributed by atoms with E-state index in [2.05, 4.69) is 15.4 Å². The van der Waals surface area contributed by atoms with E-state index in [-0.39, 0.29) is 24.9 Å². The molecule has 0 spiro atoms. The van der Waals surface area contributed by atoms with Gasteiger partial charge in [0.2, 0.25) is 5.91 Å². The minimum Gasteiger partial charge on any atom is -0.354 e. The fourth-order valence-corrected chi connectivity index (χ4v) is 0.960. The van der Waals surface area contributed by atoms with Crippen LogP contribution in [0.3, 0.4) is 0 Å². The summed E-state index contributed by atoms with van der Waals surface area (Å²) < 4.78 is 38.1. The second kappa shape index (κ2) is 7.45. The van der Waals surface area contributed by atoms with Crippen molar-refractivity contribution in [2.75, 3.05) is 19.7 Å². The van der Waals surface area contributed by atoms with Crippen molar-refractivity contribution < 1.29 is 22.7 Å². The molecule has 0 fully saturated rings. The van der Waals surface area contributed by atoms with Gasteiger partial charge in [0, 0.05) is 25.6 Å². The van der Waals surface area contributed by atoms with E-state index in [0.29, 0.717) is 6.54 Å². The van der Waals surface area contributed by atoms with Crippen LogP contribution in [0.5, 0.6) is 0 Å². The van der Waals surface area contributed by atoms with Crippen molar-refractivity contribution in [3.05, 3.63) is 0 Å². The Labute approximate surface area is 92.5 Å². The molecule has 0 heterocycles. The van der Waals surface area contributed by atoms with Gasteiger partial charge in [-0.2, -0.15) is 0 Å². The van der Waals surface area contributed by atoms with E-state index in [9.17, 15) is 18.0 Å². The van der Waals surface area contributed by atoms with Gasteiger partial charge in [0.05, 0.1) is 6.61 Å². The molecule has 96 valence electrons. The first kappa shape index (κ1) is 15.2. The third kappa shape index (κ3) is 11.3. The lowest BCUT2D eigenvalue weighted by Gasteiger charge is -2.09. The predicted molar refractivity (Wildman–Crippen MR) is 52.8 cm³/mol. The second-order valence-electron chi connectivity index (χ2n) is 3.52. The first-order valence-electron chi connectivity index (χ1n) is 5.02. The fourth-order valence-electron chi connectivity index (χ4n) is 0.960. The number of alkyl halides is 3. The van der Waals surface area contributed by atoms with E-state index < -0.39 is 13.0 Å². The van der Waals surface area contributed by atoms with Crippen LogP contribution in [0.4, 0.5) is 13.2 Å². The molecule has 1 amide bonds. The second-order valence-corrected chi connectivity index (χ2v) is 3.52. The molecule has 0 saturated carbocycles. The fraction of sp³-hybridized carbons (Fsp3) is 0.889. The smallest absolute Gasteiger partial charge is 0.354 e. The molecule has 0 atom stereocenters. The molecule has 0 aliphatic rings. The number of carbonyl (C=O) groups excluding carboxylic acids is 1. The van der Waals surface area contributed by atoms with Crippen molar-refractivity contribution in [3.8, 4) is 0 Å². The molecule has 0 bridgehead atoms. The third-order valence-electron chi connectivity index (χ3n) is 1.52. The molecule has 2 N–H and O–H groups in total. The third-order valence-corrected chi connectivity index (χ3v) is 1.52. The van der Waals surface area contributed by atoms with E-state index >= 15 is 0 Å². The predicted octanol–water partition coefficient (Wildman–Crippen LogP) is 1.03. The van der Waals surface area contributed by atoms with Gasteiger partial charge in [-0.1, -0.05) is 0 Å². The number of hydrogen-bond acceptors (Lipinski definition) is 3. The van der Waals surface area contributed by atoms with Crippen LogP contribution in [0.15, 0.2) is 0 Å². The number of nitrogens with one attached hydrogen (secondary N) is 2. The van der Waals surface area contributed by atoms with Crippen LogP contribution in [-0.4, -0.2) is 38.0 Å². The Morgan fingerprint density at radius 2 is 1.94 bits per heavy atom. The molecular formula is C9H17F3N2O2. The van der Waals surface area contributed by atoms with Crippen LogP contribution in [0.25, 0.3) is 0 Å². The van der Waals surface area contributed by atoms with E-state index in [1.807, 2.05) is 13.8 Å². The van der Waals surface area contributed by atoms with E-state index in [1.54, 1.807) is 0 Å². The summed E-state index contributed by atoms with van der Waals surface area (Å²) in [5.41, 5.74) is 0. The molecule has 7 heteroatoms. The highest BCUT2D eigenvalue weighted by atomic mass is 19.4. The van der Waals surface area contributed by atoms with Crippen molar-refractivity contribution in [1.82, 2.24) is 10.6 Å². The lowest BCUT2D eigenvalue weighted by molar-refractivity contribution is -0.323. The maximum Gasteiger partial charge on any atom is 0.522 e. The van der Waals surface area contributed by atoms with E-state index in [0.717, 1.165) is 0 Å². The molecule has 0 aromatic heterocycles. The molecule has 0 aliphatic carbocycles. The van der Waals surface area contributed by atoms with Crippen molar-refractivity contribution in [2.45, 2.75) is 32.7 Å². The molecule has 4 nitrogen and oxygen atoms in total. The van der Waals surface area contributed by atoms with Crippen LogP contribution in [0.2, 0.25) is 0 Å². The van der Waals surface area contributed by atoms with Crippen molar-refractivity contribution in [3.63, 3.8) is 0 Å². The molecule has 0 aromatic rings. The Kier molecular flexibility index (Phi) is 7.07. The van der Waals surface area contributed by atoms with Crippen molar-refractivity contribution in [2.24, 2.45) is 0 Å². The van der Waals surface area contributed by atoms with Crippen molar-refractivity contribution >= 4 is 5.91 Å². The number of hydrogen-bond donors (Lipinski definition) is 2. The Morgan fingerprint density at radius 3 is 2.44 bits per heavy atom. The lowest BCUT2D eigenvalue weighted by atomic mass is 10.3. The molecule has 0 unspecified atom stereocenters. The minimum atomic E-state index is -4.59. The van der Waals surface area contributed by atoms with Gasteiger partial charge in [0.15, 0.2) is 0 Å². The van der Waals surface area contributed by atoms with Gasteiger partial charge in [-0.15, -0.1) is 13.2 Å². The summed E-state index contributed by atoms with van der Waals surface area (Å²) in [6, 6.07) is 0.0704. The highest BCUT2D eigenvalue weighted by Gasteiger charge is 2.28. The van der Waals surface area contributed by atoms with Crippen molar-refractivity contribution in [1.29, 1.82) is 0 Å². The standard InChI is InChI=1S/C9H17F3N2O2/c1-7(2)14-8(15)3-4-13-5-6-16-9(10,11)12/h7,13H,3-6H2,1-2H3,(H,14,15). The van der Waals surface area contributed by atoms with Crippen LogP contribution in [0.1, 0.15) is 20.3 Å². The SMILES string of the molecule is CC(C)NC(=O)CCNCCOC(F)(F)F. The zero-order valence-corrected chi connectivity index (χ0v) is 9.36. The largest absolute Gasteiger partial charge is 0.522 e. The first-order chi connectivity index (χ1) is 7.31. The summed E-state index contributed by atoms with van der Waals surface area (Å²) in [6.45, 7) is 3.62. The van der Waals surface area contributed by atoms with Gasteiger partial charge < -0.3 is 10.6 Å². The molecule has 0 aromatic carbocycles. The summed E-state index contributed by atoms with van der Waals surface area (Å²) in [7, 11) is 0. The average Bonchev–Trinajstić information content (AvgIpc) is 2.07. The van der Waals surface area contributed by atoms with Gasteiger partial charge in [0.1, 0.15) is 0 Å². The van der Waals surface area contributed by atoms with Gasteiger partial charge in [-0.05, 0) is 13.8 Å². The normalized spacial score (nSPS) is 11.9. The number of ether oxygens (including phenoxy) is 1. The topological polar surface area (TPSA) is 50.4 Å². The van der Waals surface area contributed by atoms with E-state index in [4.69, 9.17) is 0 Å². The number of rotatable bonds is 7. The zero-order chi connectivity index (χ0) is 12.6. The molecular weight excluding hydrogens is 225 g/mol. The Balaban J connectivity index is 3.31. The average molecular weight is 242 g/mol. The van der Waals surface area contributed by atoms with Crippen LogP contribution < -0.4 is 10.6 Å². The monoisotopic (exact) mass is 242 g/mol. The molecule has 0 radical (unpaired) electrons. The van der Waals surface area contributed by atoms with Crippen LogP contribution in [0, 0.1) is 0 Å². The summed E-state index contributed by atoms with van der Waals surface area (Å²) in [5.74, 6) is -0.126. The van der Waals surface area contributed by atoms with E-state index in [1.165, 1.54) is 0 Å². The van der Waals surface area contributed by atoms with Crippen LogP contribution >= 0.6 is 0 Å². The first-order valence-corrected chi connectivity index (χ1v) is 5.02. The maximum absolute atomic E-state index is 11.5. The molecule has 16 heavy (non-hydrogen) atoms. The van der Waals surface area contributed by atoms with Gasteiger partial charge in [-0.25, -0.2) is 0 Å². The molecule has 0 aliphatic heterocycles. The Bertz CT molecular complexity index is 207. The summed E-state index contributed by atoms with van der Waals surface area (Å²) in [6.07, 6.45) is -4.35. The number of carbonyl (C=O) groups is 1. The maximum atomic E-state index is 11.5. The van der Waals surface area contributed by atoms with Gasteiger partial charge in [-0.3, -0.25) is 9.53 Å². The Hall–Kier alpha value is -0.820. The zero-order valence-electron chi connectivity index (χ0n) is 9.36. The molecule has 0 saturated heterocycles. The highest BCUT2D eigenvalue weighted by molar-refractivity contribution is 5.76. The number of amides is 1. The summed E-state index contributed by atoms with van der Waals surface area (Å²) >= 11 is 0. The minimum absolute atomic E-state index is 0.0640. The van der Waals surface area contributed by atoms with Gasteiger partial charge in [0.25, 0.3) is 0 Å². The van der Waals surface area contributed by atoms with Crippen LogP contribution in [-0.2, 0) is 9.53 Å². The Morgan fingerprint density at radius 1 is 1.31 bits per heavy atom. The quantitative estimate of drug-likeness (QED) is 0.655. The number of halogens is 3. The molecule has 0 rings (SSSR count). The lowest BCUT2D eigenvalue weighted by Crippen LogP contribution is -2.33. The highest BCUT2D eigenvalue weighted by Crippen LogP contribution is 2.14. The van der Waals surface area contributed by atoms with Gasteiger partial charge >= 0.3 is 6.36 Å². The summed E-state index contributed by atoms with van der Waals surface area (Å²) in [5, 5.41) is 5.34. The summed E-state index contributed by atoms with van der Waals surface area (Å²) in [4.78, 5) is 11.1.